The van der Waals surface area contributed by atoms with Gasteiger partial charge in [-0.15, -0.1) is 0 Å². The van der Waals surface area contributed by atoms with Gasteiger partial charge in [-0.1, -0.05) is 0 Å². The van der Waals surface area contributed by atoms with E-state index in [1.54, 1.807) is 0 Å². The maximum atomic E-state index is 12.3. The second kappa shape index (κ2) is 6.70. The van der Waals surface area contributed by atoms with Gasteiger partial charge in [-0.2, -0.15) is 0 Å². The lowest BCUT2D eigenvalue weighted by molar-refractivity contribution is 0.627. The van der Waals surface area contributed by atoms with Crippen molar-refractivity contribution in [3.05, 3.63) is 57.0 Å². The minimum absolute atomic E-state index is 0.281. The van der Waals surface area contributed by atoms with Crippen LogP contribution < -0.4 is 11.5 Å². The van der Waals surface area contributed by atoms with Gasteiger partial charge in [0, 0.05) is 20.3 Å². The summed E-state index contributed by atoms with van der Waals surface area (Å²) < 4.78 is 25.7. The summed E-state index contributed by atoms with van der Waals surface area (Å²) in [6.45, 7) is 0. The minimum atomic E-state index is -0.281. The van der Waals surface area contributed by atoms with E-state index in [9.17, 15) is 8.78 Å². The van der Waals surface area contributed by atoms with E-state index in [2.05, 4.69) is 31.9 Å². The first-order valence-corrected chi connectivity index (χ1v) is 6.40. The van der Waals surface area contributed by atoms with Crippen molar-refractivity contribution in [1.29, 1.82) is 0 Å². The number of anilines is 2. The van der Waals surface area contributed by atoms with Crippen molar-refractivity contribution in [2.24, 2.45) is 0 Å². The Morgan fingerprint density at radius 1 is 0.722 bits per heavy atom. The van der Waals surface area contributed by atoms with Gasteiger partial charge in [0.1, 0.15) is 11.6 Å². The monoisotopic (exact) mass is 378 g/mol. The van der Waals surface area contributed by atoms with Crippen molar-refractivity contribution in [2.75, 3.05) is 11.5 Å². The Kier molecular flexibility index (Phi) is 5.55. The average Bonchev–Trinajstić information content (AvgIpc) is 2.30. The molecular weight excluding hydrogens is 370 g/mol. The molecule has 0 spiro atoms. The molecule has 4 N–H and O–H groups in total. The molecule has 0 aliphatic rings. The number of hydrogen-bond donors (Lipinski definition) is 2. The molecule has 0 aliphatic heterocycles. The molecule has 2 aromatic rings. The first-order valence-electron chi connectivity index (χ1n) is 4.81. The molecule has 0 aromatic heterocycles. The summed E-state index contributed by atoms with van der Waals surface area (Å²) in [7, 11) is 0. The zero-order valence-corrected chi connectivity index (χ0v) is 12.3. The number of nitrogen functional groups attached to an aromatic ring is 2. The molecule has 0 aliphatic carbocycles. The lowest BCUT2D eigenvalue weighted by Crippen LogP contribution is -1.85. The largest absolute Gasteiger partial charge is 0.398 e. The van der Waals surface area contributed by atoms with Crippen molar-refractivity contribution in [2.45, 2.75) is 0 Å². The predicted molar refractivity (Wildman–Crippen MR) is 77.0 cm³/mol. The smallest absolute Gasteiger partial charge is 0.124 e. The molecule has 18 heavy (non-hydrogen) atoms. The summed E-state index contributed by atoms with van der Waals surface area (Å²) in [6, 6.07) is 8.32. The first-order chi connectivity index (χ1) is 8.40. The summed E-state index contributed by atoms with van der Waals surface area (Å²) in [6.07, 6.45) is 0. The molecule has 0 saturated carbocycles. The third-order valence-corrected chi connectivity index (χ3v) is 3.30. The van der Waals surface area contributed by atoms with Crippen LogP contribution in [0.1, 0.15) is 0 Å². The average molecular weight is 380 g/mol. The second-order valence-electron chi connectivity index (χ2n) is 3.33. The molecule has 0 fully saturated rings. The number of nitrogens with two attached hydrogens (primary N) is 2. The van der Waals surface area contributed by atoms with Crippen LogP contribution in [0.5, 0.6) is 0 Å². The summed E-state index contributed by atoms with van der Waals surface area (Å²) >= 11 is 6.16. The fourth-order valence-corrected chi connectivity index (χ4v) is 1.70. The molecule has 2 nitrogen and oxygen atoms in total. The van der Waals surface area contributed by atoms with E-state index in [1.807, 2.05) is 0 Å². The number of halogens is 4. The Balaban J connectivity index is 0.000000180. The molecule has 2 rings (SSSR count). The van der Waals surface area contributed by atoms with Crippen LogP contribution in [0.3, 0.4) is 0 Å². The fraction of sp³-hybridized carbons (Fsp3) is 0. The Hall–Kier alpha value is -1.14. The molecule has 0 heterocycles. The molecule has 6 heteroatoms. The lowest BCUT2D eigenvalue weighted by Gasteiger charge is -1.94. The first kappa shape index (κ1) is 14.9. The van der Waals surface area contributed by atoms with E-state index >= 15 is 0 Å². The fourth-order valence-electron chi connectivity index (χ4n) is 1.00. The van der Waals surface area contributed by atoms with Crippen LogP contribution >= 0.6 is 31.9 Å². The van der Waals surface area contributed by atoms with E-state index in [0.29, 0.717) is 20.3 Å². The molecule has 0 radical (unpaired) electrons. The van der Waals surface area contributed by atoms with Gasteiger partial charge in [-0.05, 0) is 68.3 Å². The van der Waals surface area contributed by atoms with Crippen molar-refractivity contribution in [3.8, 4) is 0 Å². The lowest BCUT2D eigenvalue weighted by atomic mass is 10.3. The Morgan fingerprint density at radius 3 is 1.28 bits per heavy atom. The number of hydrogen-bond acceptors (Lipinski definition) is 2. The third kappa shape index (κ3) is 4.62. The van der Waals surface area contributed by atoms with Crippen molar-refractivity contribution >= 4 is 43.2 Å². The summed E-state index contributed by atoms with van der Waals surface area (Å²) in [5.74, 6) is -0.563. The van der Waals surface area contributed by atoms with Gasteiger partial charge >= 0.3 is 0 Å². The van der Waals surface area contributed by atoms with Gasteiger partial charge in [0.15, 0.2) is 0 Å². The highest BCUT2D eigenvalue weighted by molar-refractivity contribution is 9.11. The number of benzene rings is 2. The van der Waals surface area contributed by atoms with Crippen LogP contribution in [-0.2, 0) is 0 Å². The molecule has 0 amide bonds. The van der Waals surface area contributed by atoms with Crippen LogP contribution in [0.2, 0.25) is 0 Å². The van der Waals surface area contributed by atoms with Crippen LogP contribution in [0.25, 0.3) is 0 Å². The highest BCUT2D eigenvalue weighted by Crippen LogP contribution is 2.19. The number of rotatable bonds is 0. The van der Waals surface area contributed by atoms with E-state index in [4.69, 9.17) is 11.5 Å². The predicted octanol–water partition coefficient (Wildman–Crippen LogP) is 4.34. The maximum Gasteiger partial charge on any atom is 0.124 e. The standard InChI is InChI=1S/2C6H5BrFN/c2*7-5-3-4(8)1-2-6(5)9/h2*1-3H,9H2. The van der Waals surface area contributed by atoms with E-state index in [1.165, 1.54) is 36.4 Å². The molecule has 0 atom stereocenters. The second-order valence-corrected chi connectivity index (χ2v) is 5.04. The molecule has 96 valence electrons. The topological polar surface area (TPSA) is 52.0 Å². The minimum Gasteiger partial charge on any atom is -0.398 e. The van der Waals surface area contributed by atoms with Gasteiger partial charge in [0.25, 0.3) is 0 Å². The zero-order valence-electron chi connectivity index (χ0n) is 9.13. The Morgan fingerprint density at radius 2 is 1.06 bits per heavy atom. The van der Waals surface area contributed by atoms with Gasteiger partial charge in [-0.25, -0.2) is 8.78 Å². The summed E-state index contributed by atoms with van der Waals surface area (Å²) in [4.78, 5) is 0. The SMILES string of the molecule is Nc1ccc(F)cc1Br.Nc1ccc(F)cc1Br. The van der Waals surface area contributed by atoms with Crippen LogP contribution in [0, 0.1) is 11.6 Å². The quantitative estimate of drug-likeness (QED) is 0.669. The van der Waals surface area contributed by atoms with Gasteiger partial charge < -0.3 is 11.5 Å². The Bertz CT molecular complexity index is 498. The van der Waals surface area contributed by atoms with Crippen molar-refractivity contribution in [3.63, 3.8) is 0 Å². The zero-order chi connectivity index (χ0) is 13.7. The van der Waals surface area contributed by atoms with Crippen molar-refractivity contribution < 1.29 is 8.78 Å². The van der Waals surface area contributed by atoms with Crippen molar-refractivity contribution in [1.82, 2.24) is 0 Å². The van der Waals surface area contributed by atoms with E-state index < -0.39 is 0 Å². The van der Waals surface area contributed by atoms with E-state index in [-0.39, 0.29) is 11.6 Å². The molecule has 0 unspecified atom stereocenters. The highest BCUT2D eigenvalue weighted by atomic mass is 79.9. The van der Waals surface area contributed by atoms with Crippen LogP contribution in [0.15, 0.2) is 45.3 Å². The van der Waals surface area contributed by atoms with Gasteiger partial charge in [-0.3, -0.25) is 0 Å². The van der Waals surface area contributed by atoms with E-state index in [0.717, 1.165) is 0 Å². The summed E-state index contributed by atoms with van der Waals surface area (Å²) in [5.41, 5.74) is 11.9. The maximum absolute atomic E-state index is 12.3. The Labute approximate surface area is 120 Å². The van der Waals surface area contributed by atoms with Crippen LogP contribution in [-0.4, -0.2) is 0 Å². The highest BCUT2D eigenvalue weighted by Gasteiger charge is 1.95. The van der Waals surface area contributed by atoms with Gasteiger partial charge in [0.05, 0.1) is 0 Å². The molecular formula is C12H10Br2F2N2. The molecule has 0 bridgehead atoms. The normalized spacial score (nSPS) is 9.56. The van der Waals surface area contributed by atoms with Gasteiger partial charge in [0.2, 0.25) is 0 Å². The van der Waals surface area contributed by atoms with Crippen LogP contribution in [0.4, 0.5) is 20.2 Å². The molecule has 0 saturated heterocycles. The summed E-state index contributed by atoms with van der Waals surface area (Å²) in [5, 5.41) is 0. The molecule has 2 aromatic carbocycles. The third-order valence-electron chi connectivity index (χ3n) is 1.92.